The predicted molar refractivity (Wildman–Crippen MR) is 92.9 cm³/mol. The molecule has 1 aliphatic carbocycles. The topological polar surface area (TPSA) is 68.3 Å². The second-order valence-corrected chi connectivity index (χ2v) is 7.84. The average Bonchev–Trinajstić information content (AvgIpc) is 2.52. The maximum absolute atomic E-state index is 12.5. The third-order valence-electron chi connectivity index (χ3n) is 4.09. The minimum atomic E-state index is -3.69. The lowest BCUT2D eigenvalue weighted by molar-refractivity contribution is 0.319. The molecule has 2 aromatic rings. The maximum Gasteiger partial charge on any atom is 0.262 e. The number of aromatic nitrogens is 1. The van der Waals surface area contributed by atoms with Crippen LogP contribution in [0.5, 0.6) is 5.75 Å². The van der Waals surface area contributed by atoms with Gasteiger partial charge in [-0.3, -0.25) is 0 Å². The van der Waals surface area contributed by atoms with E-state index in [1.807, 2.05) is 24.3 Å². The highest BCUT2D eigenvalue weighted by atomic mass is 35.5. The van der Waals surface area contributed by atoms with Crippen molar-refractivity contribution in [3.05, 3.63) is 53.2 Å². The van der Waals surface area contributed by atoms with E-state index < -0.39 is 10.0 Å². The van der Waals surface area contributed by atoms with E-state index in [0.717, 1.165) is 12.8 Å². The largest absolute Gasteiger partial charge is 0.491 e. The van der Waals surface area contributed by atoms with Crippen molar-refractivity contribution in [3.8, 4) is 5.75 Å². The molecule has 24 heavy (non-hydrogen) atoms. The van der Waals surface area contributed by atoms with Crippen LogP contribution in [0.15, 0.2) is 47.6 Å². The van der Waals surface area contributed by atoms with Crippen molar-refractivity contribution in [2.24, 2.45) is 0 Å². The lowest BCUT2D eigenvalue weighted by Gasteiger charge is -2.35. The highest BCUT2D eigenvalue weighted by Crippen LogP contribution is 2.38. The van der Waals surface area contributed by atoms with Crippen LogP contribution in [0.3, 0.4) is 0 Å². The van der Waals surface area contributed by atoms with Crippen LogP contribution in [0.25, 0.3) is 0 Å². The molecular weight excluding hydrogens is 348 g/mol. The molecule has 5 nitrogen and oxygen atoms in total. The highest BCUT2D eigenvalue weighted by Gasteiger charge is 2.34. The Morgan fingerprint density at radius 2 is 1.96 bits per heavy atom. The Balaban J connectivity index is 1.66. The fourth-order valence-electron chi connectivity index (χ4n) is 2.84. The molecule has 1 fully saturated rings. The van der Waals surface area contributed by atoms with Gasteiger partial charge in [-0.1, -0.05) is 23.7 Å². The van der Waals surface area contributed by atoms with Gasteiger partial charge in [0, 0.05) is 17.3 Å². The number of rotatable bonds is 6. The molecule has 1 aliphatic rings. The van der Waals surface area contributed by atoms with Crippen molar-refractivity contribution in [1.82, 2.24) is 9.71 Å². The fourth-order valence-corrected chi connectivity index (χ4v) is 4.30. The summed E-state index contributed by atoms with van der Waals surface area (Å²) in [7, 11) is -3.69. The SMILES string of the molecule is CCOc1cccnc1S(=O)(=O)NC1CC(c2ccc(Cl)cc2)C1. The lowest BCUT2D eigenvalue weighted by Crippen LogP contribution is -2.43. The van der Waals surface area contributed by atoms with Gasteiger partial charge in [-0.05, 0) is 55.5 Å². The van der Waals surface area contributed by atoms with Crippen molar-refractivity contribution >= 4 is 21.6 Å². The smallest absolute Gasteiger partial charge is 0.262 e. The van der Waals surface area contributed by atoms with Gasteiger partial charge in [0.1, 0.15) is 0 Å². The number of ether oxygens (including phenoxy) is 1. The van der Waals surface area contributed by atoms with Crippen LogP contribution in [-0.4, -0.2) is 26.1 Å². The van der Waals surface area contributed by atoms with Crippen LogP contribution in [0.4, 0.5) is 0 Å². The van der Waals surface area contributed by atoms with Gasteiger partial charge in [-0.15, -0.1) is 0 Å². The summed E-state index contributed by atoms with van der Waals surface area (Å²) in [6.45, 7) is 2.19. The summed E-state index contributed by atoms with van der Waals surface area (Å²) in [5.41, 5.74) is 1.18. The van der Waals surface area contributed by atoms with E-state index in [1.165, 1.54) is 11.8 Å². The minimum Gasteiger partial charge on any atom is -0.491 e. The molecule has 0 amide bonds. The number of benzene rings is 1. The Hall–Kier alpha value is -1.63. The Morgan fingerprint density at radius 3 is 2.62 bits per heavy atom. The number of pyridine rings is 1. The first kappa shape index (κ1) is 17.2. The molecule has 0 saturated heterocycles. The summed E-state index contributed by atoms with van der Waals surface area (Å²) in [5, 5.41) is 0.649. The third-order valence-corrected chi connectivity index (χ3v) is 5.80. The zero-order valence-electron chi connectivity index (χ0n) is 13.3. The number of hydrogen-bond donors (Lipinski definition) is 1. The minimum absolute atomic E-state index is 0.0539. The van der Waals surface area contributed by atoms with E-state index in [0.29, 0.717) is 17.5 Å². The first-order valence-corrected chi connectivity index (χ1v) is 9.71. The van der Waals surface area contributed by atoms with Gasteiger partial charge in [0.05, 0.1) is 6.61 Å². The summed E-state index contributed by atoms with van der Waals surface area (Å²) in [5.74, 6) is 0.631. The van der Waals surface area contributed by atoms with Crippen molar-refractivity contribution in [3.63, 3.8) is 0 Å². The number of nitrogens with one attached hydrogen (secondary N) is 1. The molecule has 0 unspecified atom stereocenters. The van der Waals surface area contributed by atoms with Crippen molar-refractivity contribution < 1.29 is 13.2 Å². The van der Waals surface area contributed by atoms with Gasteiger partial charge >= 0.3 is 0 Å². The summed E-state index contributed by atoms with van der Waals surface area (Å²) < 4.78 is 33.2. The molecule has 1 N–H and O–H groups in total. The predicted octanol–water partition coefficient (Wildman–Crippen LogP) is 3.36. The second kappa shape index (κ2) is 7.09. The van der Waals surface area contributed by atoms with Crippen LogP contribution in [0.2, 0.25) is 5.02 Å². The van der Waals surface area contributed by atoms with E-state index in [1.54, 1.807) is 19.1 Å². The zero-order valence-corrected chi connectivity index (χ0v) is 14.8. The van der Waals surface area contributed by atoms with Crippen LogP contribution < -0.4 is 9.46 Å². The zero-order chi connectivity index (χ0) is 17.2. The van der Waals surface area contributed by atoms with Gasteiger partial charge in [0.25, 0.3) is 10.0 Å². The van der Waals surface area contributed by atoms with E-state index in [4.69, 9.17) is 16.3 Å². The Labute approximate surface area is 147 Å². The van der Waals surface area contributed by atoms with Crippen LogP contribution in [0.1, 0.15) is 31.2 Å². The second-order valence-electron chi connectivity index (χ2n) is 5.78. The van der Waals surface area contributed by atoms with Crippen LogP contribution in [-0.2, 0) is 10.0 Å². The number of hydrogen-bond acceptors (Lipinski definition) is 4. The van der Waals surface area contributed by atoms with Gasteiger partial charge in [-0.25, -0.2) is 18.1 Å². The number of nitrogens with zero attached hydrogens (tertiary/aromatic N) is 1. The van der Waals surface area contributed by atoms with Gasteiger partial charge in [-0.2, -0.15) is 0 Å². The monoisotopic (exact) mass is 366 g/mol. The van der Waals surface area contributed by atoms with E-state index in [9.17, 15) is 8.42 Å². The molecule has 0 spiro atoms. The fraction of sp³-hybridized carbons (Fsp3) is 0.353. The molecule has 0 radical (unpaired) electrons. The number of halogens is 1. The van der Waals surface area contributed by atoms with Crippen molar-refractivity contribution in [2.75, 3.05) is 6.61 Å². The van der Waals surface area contributed by atoms with Crippen LogP contribution >= 0.6 is 11.6 Å². The first-order chi connectivity index (χ1) is 11.5. The molecule has 7 heteroatoms. The van der Waals surface area contributed by atoms with E-state index >= 15 is 0 Å². The third kappa shape index (κ3) is 3.71. The standard InChI is InChI=1S/C17H19ClN2O3S/c1-2-23-16-4-3-9-19-17(16)24(21,22)20-15-10-13(11-15)12-5-7-14(18)8-6-12/h3-9,13,15,20H,2,10-11H2,1H3. The first-order valence-electron chi connectivity index (χ1n) is 7.85. The molecule has 1 aromatic heterocycles. The summed E-state index contributed by atoms with van der Waals surface area (Å²) in [4.78, 5) is 3.98. The molecule has 1 aromatic carbocycles. The lowest BCUT2D eigenvalue weighted by atomic mass is 9.76. The Morgan fingerprint density at radius 1 is 1.25 bits per heavy atom. The summed E-state index contributed by atoms with van der Waals surface area (Å²) in [6.07, 6.45) is 2.98. The summed E-state index contributed by atoms with van der Waals surface area (Å²) >= 11 is 5.89. The Kier molecular flexibility index (Phi) is 5.08. The van der Waals surface area contributed by atoms with Gasteiger partial charge < -0.3 is 4.74 Å². The molecule has 1 saturated carbocycles. The highest BCUT2D eigenvalue weighted by molar-refractivity contribution is 7.89. The molecular formula is C17H19ClN2O3S. The molecule has 0 aliphatic heterocycles. The van der Waals surface area contributed by atoms with Gasteiger partial charge in [0.2, 0.25) is 5.03 Å². The maximum atomic E-state index is 12.5. The Bertz CT molecular complexity index is 803. The summed E-state index contributed by atoms with van der Waals surface area (Å²) in [6, 6.07) is 10.9. The molecule has 3 rings (SSSR count). The van der Waals surface area contributed by atoms with Crippen molar-refractivity contribution in [1.29, 1.82) is 0 Å². The normalized spacial score (nSPS) is 20.4. The molecule has 0 atom stereocenters. The van der Waals surface area contributed by atoms with Gasteiger partial charge in [0.15, 0.2) is 5.75 Å². The van der Waals surface area contributed by atoms with E-state index in [-0.39, 0.29) is 16.8 Å². The molecule has 128 valence electrons. The average molecular weight is 367 g/mol. The quantitative estimate of drug-likeness (QED) is 0.851. The van der Waals surface area contributed by atoms with Crippen molar-refractivity contribution in [2.45, 2.75) is 36.8 Å². The number of sulfonamides is 1. The molecule has 0 bridgehead atoms. The molecule has 1 heterocycles. The van der Waals surface area contributed by atoms with E-state index in [2.05, 4.69) is 9.71 Å². The van der Waals surface area contributed by atoms with Crippen LogP contribution in [0, 0.1) is 0 Å².